The number of nitriles is 1. The van der Waals surface area contributed by atoms with Gasteiger partial charge in [-0.15, -0.1) is 0 Å². The minimum Gasteiger partial charge on any atom is -0.483 e. The SMILES string of the molecule is CC(C)(O)C#Cc1ccc(NC(=O)COc2ccc(Cl)cc2C(=O)c2cc(Cl)cc(C#N)c2)c(Cl)c1. The van der Waals surface area contributed by atoms with Crippen LogP contribution in [-0.2, 0) is 4.79 Å². The second kappa shape index (κ2) is 11.5. The number of halogens is 3. The fourth-order valence-electron chi connectivity index (χ4n) is 3.00. The summed E-state index contributed by atoms with van der Waals surface area (Å²) < 4.78 is 5.61. The predicted octanol–water partition coefficient (Wildman–Crippen LogP) is 5.89. The first kappa shape index (κ1) is 27.1. The number of nitrogens with one attached hydrogen (secondary N) is 1. The van der Waals surface area contributed by atoms with Crippen LogP contribution in [0.25, 0.3) is 0 Å². The summed E-state index contributed by atoms with van der Waals surface area (Å²) >= 11 is 18.4. The van der Waals surface area contributed by atoms with Gasteiger partial charge in [-0.1, -0.05) is 46.6 Å². The number of rotatable bonds is 6. The van der Waals surface area contributed by atoms with Crippen LogP contribution in [0.1, 0.15) is 40.9 Å². The highest BCUT2D eigenvalue weighted by Crippen LogP contribution is 2.28. The van der Waals surface area contributed by atoms with E-state index in [1.807, 2.05) is 6.07 Å². The maximum atomic E-state index is 13.1. The molecule has 182 valence electrons. The van der Waals surface area contributed by atoms with Crippen LogP contribution >= 0.6 is 34.8 Å². The molecule has 3 rings (SSSR count). The predicted molar refractivity (Wildman–Crippen MR) is 140 cm³/mol. The first-order valence-corrected chi connectivity index (χ1v) is 11.6. The van der Waals surface area contributed by atoms with E-state index in [0.29, 0.717) is 11.3 Å². The molecule has 0 aliphatic rings. The third-order valence-corrected chi connectivity index (χ3v) is 5.36. The van der Waals surface area contributed by atoms with E-state index in [-0.39, 0.29) is 37.5 Å². The van der Waals surface area contributed by atoms with Gasteiger partial charge >= 0.3 is 0 Å². The van der Waals surface area contributed by atoms with E-state index in [9.17, 15) is 14.7 Å². The number of carbonyl (C=O) groups is 2. The maximum absolute atomic E-state index is 13.1. The molecule has 0 saturated carbocycles. The van der Waals surface area contributed by atoms with Gasteiger partial charge in [0, 0.05) is 21.2 Å². The molecular weight excluding hydrogens is 523 g/mol. The van der Waals surface area contributed by atoms with Gasteiger partial charge in [0.15, 0.2) is 12.4 Å². The molecule has 0 saturated heterocycles. The second-order valence-corrected chi connectivity index (χ2v) is 9.43. The fraction of sp³-hybridized carbons (Fsp3) is 0.148. The lowest BCUT2D eigenvalue weighted by atomic mass is 10.0. The van der Waals surface area contributed by atoms with Crippen molar-refractivity contribution in [3.63, 3.8) is 0 Å². The quantitative estimate of drug-likeness (QED) is 0.299. The van der Waals surface area contributed by atoms with Crippen molar-refractivity contribution in [3.8, 4) is 23.7 Å². The highest BCUT2D eigenvalue weighted by atomic mass is 35.5. The van der Waals surface area contributed by atoms with Crippen LogP contribution in [0.15, 0.2) is 54.6 Å². The molecular formula is C27H19Cl3N2O4. The molecule has 2 N–H and O–H groups in total. The third-order valence-electron chi connectivity index (χ3n) is 4.59. The zero-order chi connectivity index (χ0) is 26.5. The average Bonchev–Trinajstić information content (AvgIpc) is 2.82. The maximum Gasteiger partial charge on any atom is 0.262 e. The third kappa shape index (κ3) is 7.49. The standard InChI is InChI=1S/C27H19Cl3N2O4/c1-27(2,35)8-7-16-3-5-23(22(30)11-16)32-25(33)15-36-24-6-4-19(28)13-21(24)26(34)18-9-17(14-31)10-20(29)12-18/h3-6,9-13,35H,15H2,1-2H3,(H,32,33). The molecule has 0 unspecified atom stereocenters. The molecule has 3 aromatic rings. The molecule has 9 heteroatoms. The molecule has 0 spiro atoms. The number of hydrogen-bond acceptors (Lipinski definition) is 5. The summed E-state index contributed by atoms with van der Waals surface area (Å²) in [5.41, 5.74) is 0.271. The van der Waals surface area contributed by atoms with E-state index in [1.165, 1.54) is 36.4 Å². The summed E-state index contributed by atoms with van der Waals surface area (Å²) in [6.45, 7) is 2.71. The van der Waals surface area contributed by atoms with Crippen molar-refractivity contribution in [2.45, 2.75) is 19.4 Å². The lowest BCUT2D eigenvalue weighted by Crippen LogP contribution is -2.21. The van der Waals surface area contributed by atoms with Gasteiger partial charge in [-0.05, 0) is 68.4 Å². The highest BCUT2D eigenvalue weighted by Gasteiger charge is 2.18. The van der Waals surface area contributed by atoms with Crippen LogP contribution < -0.4 is 10.1 Å². The molecule has 0 radical (unpaired) electrons. The van der Waals surface area contributed by atoms with Crippen LogP contribution in [0.2, 0.25) is 15.1 Å². The Balaban J connectivity index is 1.74. The van der Waals surface area contributed by atoms with Crippen LogP contribution in [0.4, 0.5) is 5.69 Å². The normalized spacial score (nSPS) is 10.6. The first-order valence-electron chi connectivity index (χ1n) is 10.5. The first-order chi connectivity index (χ1) is 16.9. The molecule has 0 bridgehead atoms. The van der Waals surface area contributed by atoms with Crippen molar-refractivity contribution in [2.75, 3.05) is 11.9 Å². The number of amides is 1. The number of nitrogens with zero attached hydrogens (tertiary/aromatic N) is 1. The van der Waals surface area contributed by atoms with Crippen LogP contribution in [-0.4, -0.2) is 29.0 Å². The van der Waals surface area contributed by atoms with E-state index in [1.54, 1.807) is 32.0 Å². The number of ketones is 1. The van der Waals surface area contributed by atoms with Crippen molar-refractivity contribution in [1.82, 2.24) is 0 Å². The molecule has 0 atom stereocenters. The molecule has 36 heavy (non-hydrogen) atoms. The summed E-state index contributed by atoms with van der Waals surface area (Å²) in [7, 11) is 0. The summed E-state index contributed by atoms with van der Waals surface area (Å²) in [6, 6.07) is 15.4. The van der Waals surface area contributed by atoms with Gasteiger partial charge in [0.05, 0.1) is 27.9 Å². The average molecular weight is 542 g/mol. The minimum absolute atomic E-state index is 0.106. The van der Waals surface area contributed by atoms with Crippen molar-refractivity contribution >= 4 is 52.2 Å². The number of benzene rings is 3. The minimum atomic E-state index is -1.15. The van der Waals surface area contributed by atoms with Gasteiger partial charge in [-0.3, -0.25) is 9.59 Å². The Labute approximate surface area is 223 Å². The van der Waals surface area contributed by atoms with Gasteiger partial charge in [0.25, 0.3) is 5.91 Å². The van der Waals surface area contributed by atoms with Crippen LogP contribution in [0.3, 0.4) is 0 Å². The molecule has 0 aromatic heterocycles. The Morgan fingerprint density at radius 3 is 2.42 bits per heavy atom. The lowest BCUT2D eigenvalue weighted by molar-refractivity contribution is -0.118. The smallest absolute Gasteiger partial charge is 0.262 e. The Kier molecular flexibility index (Phi) is 8.63. The molecule has 0 fully saturated rings. The second-order valence-electron chi connectivity index (χ2n) is 8.15. The van der Waals surface area contributed by atoms with Crippen molar-refractivity contribution < 1.29 is 19.4 Å². The Morgan fingerprint density at radius 2 is 1.75 bits per heavy atom. The van der Waals surface area contributed by atoms with Gasteiger partial charge in [0.2, 0.25) is 0 Å². The number of ether oxygens (including phenoxy) is 1. The number of carbonyl (C=O) groups excluding carboxylic acids is 2. The zero-order valence-corrected chi connectivity index (χ0v) is 21.4. The number of aliphatic hydroxyl groups is 1. The Morgan fingerprint density at radius 1 is 1.00 bits per heavy atom. The molecule has 3 aromatic carbocycles. The van der Waals surface area contributed by atoms with E-state index in [2.05, 4.69) is 17.2 Å². The molecule has 6 nitrogen and oxygen atoms in total. The molecule has 0 aliphatic carbocycles. The van der Waals surface area contributed by atoms with Crippen LogP contribution in [0.5, 0.6) is 5.75 Å². The number of hydrogen-bond donors (Lipinski definition) is 2. The van der Waals surface area contributed by atoms with Gasteiger partial charge in [-0.2, -0.15) is 5.26 Å². The molecule has 1 amide bonds. The summed E-state index contributed by atoms with van der Waals surface area (Å²) in [5, 5.41) is 22.3. The summed E-state index contributed by atoms with van der Waals surface area (Å²) in [6.07, 6.45) is 0. The van der Waals surface area contributed by atoms with Crippen molar-refractivity contribution in [1.29, 1.82) is 5.26 Å². The largest absolute Gasteiger partial charge is 0.483 e. The van der Waals surface area contributed by atoms with E-state index in [0.717, 1.165) is 0 Å². The fourth-order valence-corrected chi connectivity index (χ4v) is 3.63. The Bertz CT molecular complexity index is 1440. The number of anilines is 1. The molecule has 0 aliphatic heterocycles. The van der Waals surface area contributed by atoms with Gasteiger partial charge in [-0.25, -0.2) is 0 Å². The lowest BCUT2D eigenvalue weighted by Gasteiger charge is -2.13. The highest BCUT2D eigenvalue weighted by molar-refractivity contribution is 6.34. The topological polar surface area (TPSA) is 99.4 Å². The van der Waals surface area contributed by atoms with Gasteiger partial charge < -0.3 is 15.2 Å². The van der Waals surface area contributed by atoms with Crippen molar-refractivity contribution in [2.24, 2.45) is 0 Å². The van der Waals surface area contributed by atoms with E-state index >= 15 is 0 Å². The molecule has 0 heterocycles. The van der Waals surface area contributed by atoms with Gasteiger partial charge in [0.1, 0.15) is 11.4 Å². The summed E-state index contributed by atoms with van der Waals surface area (Å²) in [5.74, 6) is 4.62. The summed E-state index contributed by atoms with van der Waals surface area (Å²) in [4.78, 5) is 25.6. The monoisotopic (exact) mass is 540 g/mol. The van der Waals surface area contributed by atoms with Crippen molar-refractivity contribution in [3.05, 3.63) is 91.9 Å². The zero-order valence-electron chi connectivity index (χ0n) is 19.2. The van der Waals surface area contributed by atoms with E-state index in [4.69, 9.17) is 44.8 Å². The Hall–Kier alpha value is -3.52. The van der Waals surface area contributed by atoms with Crippen LogP contribution in [0, 0.1) is 23.2 Å². The van der Waals surface area contributed by atoms with E-state index < -0.39 is 23.9 Å².